The minimum atomic E-state index is -2.95. The van der Waals surface area contributed by atoms with E-state index in [0.717, 1.165) is 6.07 Å². The quantitative estimate of drug-likeness (QED) is 0.527. The van der Waals surface area contributed by atoms with E-state index in [-0.39, 0.29) is 11.3 Å². The van der Waals surface area contributed by atoms with Crippen molar-refractivity contribution >= 4 is 6.29 Å². The smallest absolute Gasteiger partial charge is 0.268 e. The van der Waals surface area contributed by atoms with E-state index in [9.17, 15) is 18.0 Å². The Balaban J connectivity index is 3.30. The number of alkyl halides is 2. The van der Waals surface area contributed by atoms with Crippen LogP contribution < -0.4 is 0 Å². The van der Waals surface area contributed by atoms with Crippen LogP contribution in [-0.2, 0) is 0 Å². The summed E-state index contributed by atoms with van der Waals surface area (Å²) in [4.78, 5) is 13.5. The third kappa shape index (κ3) is 1.85. The molecule has 1 aromatic rings. The maximum absolute atomic E-state index is 12.7. The normalized spacial score (nSPS) is 10.5. The molecular weight excluding hydrogens is 183 g/mol. The Kier molecular flexibility index (Phi) is 2.65. The fourth-order valence-electron chi connectivity index (χ4n) is 0.880. The number of carbonyl (C=O) groups is 1. The predicted molar refractivity (Wildman–Crippen MR) is 39.3 cm³/mol. The topological polar surface area (TPSA) is 30.0 Å². The first-order chi connectivity index (χ1) is 6.06. The second kappa shape index (κ2) is 3.55. The summed E-state index contributed by atoms with van der Waals surface area (Å²) < 4.78 is 36.9. The van der Waals surface area contributed by atoms with Crippen LogP contribution in [0.3, 0.4) is 0 Å². The molecule has 1 aromatic heterocycles. The lowest BCUT2D eigenvalue weighted by molar-refractivity contribution is 0.112. The van der Waals surface area contributed by atoms with Crippen LogP contribution in [-0.4, -0.2) is 11.3 Å². The Hall–Kier alpha value is -1.39. The van der Waals surface area contributed by atoms with Crippen molar-refractivity contribution < 1.29 is 18.0 Å². The lowest BCUT2D eigenvalue weighted by atomic mass is 10.1. The average Bonchev–Trinajstić information content (AvgIpc) is 2.03. The Morgan fingerprint density at radius 3 is 2.62 bits per heavy atom. The molecule has 0 radical (unpaired) electrons. The van der Waals surface area contributed by atoms with Crippen molar-refractivity contribution in [3.05, 3.63) is 28.8 Å². The van der Waals surface area contributed by atoms with E-state index >= 15 is 0 Å². The molecule has 0 unspecified atom stereocenters. The van der Waals surface area contributed by atoms with E-state index in [2.05, 4.69) is 4.98 Å². The number of rotatable bonds is 2. The molecule has 70 valence electrons. The fraction of sp³-hybridized carbons (Fsp3) is 0.250. The largest absolute Gasteiger partial charge is 0.298 e. The summed E-state index contributed by atoms with van der Waals surface area (Å²) in [5.41, 5.74) is -0.749. The molecule has 13 heavy (non-hydrogen) atoms. The van der Waals surface area contributed by atoms with Gasteiger partial charge in [0.1, 0.15) is 0 Å². The third-order valence-electron chi connectivity index (χ3n) is 1.59. The minimum Gasteiger partial charge on any atom is -0.298 e. The number of aromatic nitrogens is 1. The molecule has 0 aliphatic heterocycles. The van der Waals surface area contributed by atoms with Gasteiger partial charge >= 0.3 is 0 Å². The highest BCUT2D eigenvalue weighted by molar-refractivity contribution is 5.76. The van der Waals surface area contributed by atoms with Gasteiger partial charge in [0.2, 0.25) is 5.95 Å². The summed E-state index contributed by atoms with van der Waals surface area (Å²) in [6.45, 7) is 1.38. The van der Waals surface area contributed by atoms with Gasteiger partial charge in [-0.1, -0.05) is 0 Å². The zero-order valence-electron chi connectivity index (χ0n) is 6.72. The van der Waals surface area contributed by atoms with E-state index in [0.29, 0.717) is 6.29 Å². The SMILES string of the molecule is Cc1nc(F)c(C(F)F)cc1C=O. The standard InChI is InChI=1S/C8H6F3NO/c1-4-5(3-13)2-6(7(9)10)8(11)12-4/h2-3,7H,1H3. The Morgan fingerprint density at radius 2 is 2.15 bits per heavy atom. The summed E-state index contributed by atoms with van der Waals surface area (Å²) in [7, 11) is 0. The van der Waals surface area contributed by atoms with Gasteiger partial charge < -0.3 is 0 Å². The third-order valence-corrected chi connectivity index (χ3v) is 1.59. The molecule has 0 aliphatic rings. The number of pyridine rings is 1. The van der Waals surface area contributed by atoms with E-state index in [1.165, 1.54) is 6.92 Å². The maximum Gasteiger partial charge on any atom is 0.268 e. The molecule has 2 nitrogen and oxygen atoms in total. The van der Waals surface area contributed by atoms with Gasteiger partial charge in [-0.05, 0) is 13.0 Å². The second-order valence-electron chi connectivity index (χ2n) is 2.46. The Labute approximate surface area is 72.4 Å². The van der Waals surface area contributed by atoms with Crippen LogP contribution >= 0.6 is 0 Å². The van der Waals surface area contributed by atoms with Gasteiger partial charge in [-0.15, -0.1) is 0 Å². The Morgan fingerprint density at radius 1 is 1.54 bits per heavy atom. The Bertz CT molecular complexity index is 338. The molecule has 0 amide bonds. The van der Waals surface area contributed by atoms with E-state index in [1.807, 2.05) is 0 Å². The fourth-order valence-corrected chi connectivity index (χ4v) is 0.880. The average molecular weight is 189 g/mol. The molecule has 1 rings (SSSR count). The van der Waals surface area contributed by atoms with Crippen molar-refractivity contribution in [2.75, 3.05) is 0 Å². The van der Waals surface area contributed by atoms with E-state index in [4.69, 9.17) is 0 Å². The van der Waals surface area contributed by atoms with Crippen LogP contribution in [0.4, 0.5) is 13.2 Å². The molecule has 0 saturated heterocycles. The van der Waals surface area contributed by atoms with Crippen molar-refractivity contribution in [2.24, 2.45) is 0 Å². The van der Waals surface area contributed by atoms with Crippen LogP contribution in [0.5, 0.6) is 0 Å². The number of nitrogens with zero attached hydrogens (tertiary/aromatic N) is 1. The number of aryl methyl sites for hydroxylation is 1. The van der Waals surface area contributed by atoms with Gasteiger partial charge in [0.15, 0.2) is 6.29 Å². The van der Waals surface area contributed by atoms with E-state index in [1.54, 1.807) is 0 Å². The summed E-state index contributed by atoms with van der Waals surface area (Å²) >= 11 is 0. The van der Waals surface area contributed by atoms with Gasteiger partial charge in [-0.2, -0.15) is 4.39 Å². The van der Waals surface area contributed by atoms with Crippen molar-refractivity contribution in [2.45, 2.75) is 13.3 Å². The molecule has 0 atom stereocenters. The lowest BCUT2D eigenvalue weighted by Crippen LogP contribution is -2.00. The summed E-state index contributed by atoms with van der Waals surface area (Å²) in [5, 5.41) is 0. The minimum absolute atomic E-state index is 0.0169. The van der Waals surface area contributed by atoms with Crippen molar-refractivity contribution in [1.29, 1.82) is 0 Å². The van der Waals surface area contributed by atoms with Crippen LogP contribution in [0.25, 0.3) is 0 Å². The molecule has 0 fully saturated rings. The van der Waals surface area contributed by atoms with Crippen LogP contribution in [0, 0.1) is 12.9 Å². The zero-order chi connectivity index (χ0) is 10.0. The highest BCUT2D eigenvalue weighted by Gasteiger charge is 2.16. The van der Waals surface area contributed by atoms with Crippen molar-refractivity contribution in [3.8, 4) is 0 Å². The first-order valence-corrected chi connectivity index (χ1v) is 3.46. The molecule has 0 bridgehead atoms. The number of carbonyl (C=O) groups excluding carboxylic acids is 1. The van der Waals surface area contributed by atoms with Crippen molar-refractivity contribution in [1.82, 2.24) is 4.98 Å². The zero-order valence-corrected chi connectivity index (χ0v) is 6.72. The van der Waals surface area contributed by atoms with Crippen LogP contribution in [0.15, 0.2) is 6.07 Å². The van der Waals surface area contributed by atoms with Gasteiger partial charge in [0, 0.05) is 5.56 Å². The summed E-state index contributed by atoms with van der Waals surface area (Å²) in [6, 6.07) is 0.815. The molecule has 0 aromatic carbocycles. The molecular formula is C8H6F3NO. The predicted octanol–water partition coefficient (Wildman–Crippen LogP) is 2.28. The van der Waals surface area contributed by atoms with E-state index < -0.39 is 17.9 Å². The second-order valence-corrected chi connectivity index (χ2v) is 2.46. The van der Waals surface area contributed by atoms with Crippen LogP contribution in [0.1, 0.15) is 28.0 Å². The highest BCUT2D eigenvalue weighted by atomic mass is 19.3. The summed E-state index contributed by atoms with van der Waals surface area (Å²) in [5.74, 6) is -1.22. The first kappa shape index (κ1) is 9.70. The molecule has 0 saturated carbocycles. The molecule has 5 heteroatoms. The van der Waals surface area contributed by atoms with Gasteiger partial charge in [-0.3, -0.25) is 4.79 Å². The number of hydrogen-bond acceptors (Lipinski definition) is 2. The highest BCUT2D eigenvalue weighted by Crippen LogP contribution is 2.22. The summed E-state index contributed by atoms with van der Waals surface area (Å²) in [6.07, 6.45) is -2.58. The monoisotopic (exact) mass is 189 g/mol. The molecule has 0 N–H and O–H groups in total. The van der Waals surface area contributed by atoms with Gasteiger partial charge in [0.05, 0.1) is 11.3 Å². The molecule has 1 heterocycles. The lowest BCUT2D eigenvalue weighted by Gasteiger charge is -2.03. The number of aldehydes is 1. The molecule has 0 spiro atoms. The molecule has 0 aliphatic carbocycles. The first-order valence-electron chi connectivity index (χ1n) is 3.46. The van der Waals surface area contributed by atoms with Gasteiger partial charge in [0.25, 0.3) is 6.43 Å². The van der Waals surface area contributed by atoms with Crippen LogP contribution in [0.2, 0.25) is 0 Å². The maximum atomic E-state index is 12.7. The van der Waals surface area contributed by atoms with Gasteiger partial charge in [-0.25, -0.2) is 13.8 Å². The number of hydrogen-bond donors (Lipinski definition) is 0. The number of halogens is 3. The van der Waals surface area contributed by atoms with Crippen molar-refractivity contribution in [3.63, 3.8) is 0 Å².